The van der Waals surface area contributed by atoms with Crippen LogP contribution in [0.2, 0.25) is 5.15 Å². The Kier molecular flexibility index (Phi) is 5.02. The molecular formula is C16H20ClN3O. The van der Waals surface area contributed by atoms with Crippen LogP contribution in [0.3, 0.4) is 0 Å². The first kappa shape index (κ1) is 15.6. The van der Waals surface area contributed by atoms with Gasteiger partial charge in [0.25, 0.3) is 5.91 Å². The van der Waals surface area contributed by atoms with Gasteiger partial charge in [0.1, 0.15) is 5.15 Å². The minimum Gasteiger partial charge on any atom is -0.349 e. The summed E-state index contributed by atoms with van der Waals surface area (Å²) in [6.07, 6.45) is 1.81. The number of amides is 1. The van der Waals surface area contributed by atoms with Gasteiger partial charge in [-0.05, 0) is 32.3 Å². The first-order chi connectivity index (χ1) is 9.99. The molecule has 112 valence electrons. The second-order valence-corrected chi connectivity index (χ2v) is 5.63. The number of hydrogen-bond acceptors (Lipinski definition) is 2. The van der Waals surface area contributed by atoms with Crippen LogP contribution in [-0.4, -0.2) is 21.7 Å². The van der Waals surface area contributed by atoms with Gasteiger partial charge in [-0.15, -0.1) is 0 Å². The standard InChI is InChI=1S/C16H20ClN3O/c1-11(9-10-13-7-5-4-6-8-13)18-16(21)14-12(2)19-20(3)15(14)17/h4-8,11H,9-10H2,1-3H3,(H,18,21)/t11-/m1/s1. The van der Waals surface area contributed by atoms with Crippen molar-refractivity contribution >= 4 is 17.5 Å². The third kappa shape index (κ3) is 3.85. The molecule has 0 bridgehead atoms. The molecule has 0 saturated carbocycles. The Hall–Kier alpha value is -1.81. The molecule has 1 heterocycles. The summed E-state index contributed by atoms with van der Waals surface area (Å²) in [7, 11) is 1.73. The molecule has 0 aliphatic rings. The highest BCUT2D eigenvalue weighted by molar-refractivity contribution is 6.33. The summed E-state index contributed by atoms with van der Waals surface area (Å²) in [5.74, 6) is -0.161. The number of rotatable bonds is 5. The third-order valence-corrected chi connectivity index (χ3v) is 3.90. The van der Waals surface area contributed by atoms with Crippen LogP contribution in [0, 0.1) is 6.92 Å². The van der Waals surface area contributed by atoms with E-state index in [1.54, 1.807) is 14.0 Å². The summed E-state index contributed by atoms with van der Waals surface area (Å²) < 4.78 is 1.51. The molecule has 21 heavy (non-hydrogen) atoms. The summed E-state index contributed by atoms with van der Waals surface area (Å²) >= 11 is 6.10. The van der Waals surface area contributed by atoms with Crippen molar-refractivity contribution in [2.24, 2.45) is 7.05 Å². The predicted molar refractivity (Wildman–Crippen MR) is 84.6 cm³/mol. The average Bonchev–Trinajstić information content (AvgIpc) is 2.71. The summed E-state index contributed by atoms with van der Waals surface area (Å²) in [5.41, 5.74) is 2.38. The highest BCUT2D eigenvalue weighted by Crippen LogP contribution is 2.18. The molecule has 0 saturated heterocycles. The molecule has 0 unspecified atom stereocenters. The van der Waals surface area contributed by atoms with Gasteiger partial charge >= 0.3 is 0 Å². The quantitative estimate of drug-likeness (QED) is 0.922. The van der Waals surface area contributed by atoms with E-state index in [0.717, 1.165) is 12.8 Å². The molecule has 1 N–H and O–H groups in total. The van der Waals surface area contributed by atoms with Crippen molar-refractivity contribution in [2.75, 3.05) is 0 Å². The monoisotopic (exact) mass is 305 g/mol. The lowest BCUT2D eigenvalue weighted by Gasteiger charge is -2.13. The topological polar surface area (TPSA) is 46.9 Å². The number of carbonyl (C=O) groups is 1. The molecular weight excluding hydrogens is 286 g/mol. The van der Waals surface area contributed by atoms with Crippen molar-refractivity contribution in [2.45, 2.75) is 32.7 Å². The fourth-order valence-corrected chi connectivity index (χ4v) is 2.54. The fraction of sp³-hybridized carbons (Fsp3) is 0.375. The number of nitrogens with one attached hydrogen (secondary N) is 1. The van der Waals surface area contributed by atoms with Gasteiger partial charge < -0.3 is 5.32 Å². The molecule has 1 atom stereocenters. The maximum Gasteiger partial charge on any atom is 0.256 e. The van der Waals surface area contributed by atoms with Gasteiger partial charge in [0.15, 0.2) is 0 Å². The van der Waals surface area contributed by atoms with Gasteiger partial charge in [0.05, 0.1) is 11.3 Å². The molecule has 2 rings (SSSR count). The van der Waals surface area contributed by atoms with Gasteiger partial charge in [-0.3, -0.25) is 9.48 Å². The zero-order valence-corrected chi connectivity index (χ0v) is 13.3. The van der Waals surface area contributed by atoms with Gasteiger partial charge in [0, 0.05) is 13.1 Å². The summed E-state index contributed by atoms with van der Waals surface area (Å²) in [4.78, 5) is 12.3. The Labute approximate surface area is 130 Å². The normalized spacial score (nSPS) is 12.2. The van der Waals surface area contributed by atoms with E-state index in [4.69, 9.17) is 11.6 Å². The number of carbonyl (C=O) groups excluding carboxylic acids is 1. The molecule has 0 fully saturated rings. The van der Waals surface area contributed by atoms with Gasteiger partial charge in [-0.1, -0.05) is 41.9 Å². The molecule has 0 radical (unpaired) electrons. The van der Waals surface area contributed by atoms with Crippen molar-refractivity contribution in [3.05, 3.63) is 52.3 Å². The minimum absolute atomic E-state index is 0.0772. The molecule has 1 aromatic heterocycles. The molecule has 0 aliphatic carbocycles. The Morgan fingerprint density at radius 2 is 2.05 bits per heavy atom. The van der Waals surface area contributed by atoms with Crippen molar-refractivity contribution < 1.29 is 4.79 Å². The SMILES string of the molecule is Cc1nn(C)c(Cl)c1C(=O)N[C@H](C)CCc1ccccc1. The number of benzene rings is 1. The zero-order valence-electron chi connectivity index (χ0n) is 12.6. The van der Waals surface area contributed by atoms with Crippen molar-refractivity contribution in [1.82, 2.24) is 15.1 Å². The van der Waals surface area contributed by atoms with E-state index in [9.17, 15) is 4.79 Å². The molecule has 0 spiro atoms. The third-order valence-electron chi connectivity index (χ3n) is 3.47. The smallest absolute Gasteiger partial charge is 0.256 e. The lowest BCUT2D eigenvalue weighted by Crippen LogP contribution is -2.33. The maximum absolute atomic E-state index is 12.3. The summed E-state index contributed by atoms with van der Waals surface area (Å²) in [5, 5.41) is 7.52. The van der Waals surface area contributed by atoms with Crippen molar-refractivity contribution in [3.63, 3.8) is 0 Å². The van der Waals surface area contributed by atoms with Gasteiger partial charge in [-0.25, -0.2) is 0 Å². The summed E-state index contributed by atoms with van der Waals surface area (Å²) in [6, 6.07) is 10.3. The van der Waals surface area contributed by atoms with Crippen LogP contribution >= 0.6 is 11.6 Å². The van der Waals surface area contributed by atoms with Crippen molar-refractivity contribution in [3.8, 4) is 0 Å². The Morgan fingerprint density at radius 3 is 2.62 bits per heavy atom. The van der Waals surface area contributed by atoms with Crippen LogP contribution in [0.15, 0.2) is 30.3 Å². The Bertz CT molecular complexity index is 622. The highest BCUT2D eigenvalue weighted by Gasteiger charge is 2.20. The van der Waals surface area contributed by atoms with E-state index in [1.165, 1.54) is 10.2 Å². The van der Waals surface area contributed by atoms with Crippen LogP contribution < -0.4 is 5.32 Å². The second kappa shape index (κ2) is 6.76. The number of halogens is 1. The number of nitrogens with zero attached hydrogens (tertiary/aromatic N) is 2. The molecule has 1 aromatic carbocycles. The average molecular weight is 306 g/mol. The van der Waals surface area contributed by atoms with Gasteiger partial charge in [0.2, 0.25) is 0 Å². The lowest BCUT2D eigenvalue weighted by molar-refractivity contribution is 0.0938. The summed E-state index contributed by atoms with van der Waals surface area (Å²) in [6.45, 7) is 3.79. The zero-order chi connectivity index (χ0) is 15.4. The van der Waals surface area contributed by atoms with Crippen LogP contribution in [-0.2, 0) is 13.5 Å². The predicted octanol–water partition coefficient (Wildman–Crippen LogP) is 3.13. The van der Waals surface area contributed by atoms with E-state index in [0.29, 0.717) is 16.4 Å². The van der Waals surface area contributed by atoms with Crippen molar-refractivity contribution in [1.29, 1.82) is 0 Å². The number of hydrogen-bond donors (Lipinski definition) is 1. The van der Waals surface area contributed by atoms with Crippen LogP contribution in [0.4, 0.5) is 0 Å². The molecule has 1 amide bonds. The van der Waals surface area contributed by atoms with Crippen LogP contribution in [0.25, 0.3) is 0 Å². The Balaban J connectivity index is 1.93. The first-order valence-electron chi connectivity index (χ1n) is 7.03. The van der Waals surface area contributed by atoms with E-state index >= 15 is 0 Å². The molecule has 0 aliphatic heterocycles. The fourth-order valence-electron chi connectivity index (χ4n) is 2.28. The number of aromatic nitrogens is 2. The maximum atomic E-state index is 12.3. The van der Waals surface area contributed by atoms with Crippen LogP contribution in [0.5, 0.6) is 0 Å². The molecule has 4 nitrogen and oxygen atoms in total. The van der Waals surface area contributed by atoms with Gasteiger partial charge in [-0.2, -0.15) is 5.10 Å². The lowest BCUT2D eigenvalue weighted by atomic mass is 10.1. The minimum atomic E-state index is -0.161. The first-order valence-corrected chi connectivity index (χ1v) is 7.40. The largest absolute Gasteiger partial charge is 0.349 e. The van der Waals surface area contributed by atoms with E-state index in [1.807, 2.05) is 25.1 Å². The van der Waals surface area contributed by atoms with E-state index < -0.39 is 0 Å². The van der Waals surface area contributed by atoms with Crippen LogP contribution in [0.1, 0.15) is 35.0 Å². The van der Waals surface area contributed by atoms with E-state index in [2.05, 4.69) is 22.5 Å². The van der Waals surface area contributed by atoms with E-state index in [-0.39, 0.29) is 11.9 Å². The second-order valence-electron chi connectivity index (χ2n) is 5.27. The molecule has 5 heteroatoms. The Morgan fingerprint density at radius 1 is 1.38 bits per heavy atom. The molecule has 2 aromatic rings. The number of aryl methyl sites for hydroxylation is 3. The highest BCUT2D eigenvalue weighted by atomic mass is 35.5.